The lowest BCUT2D eigenvalue weighted by atomic mass is 10.1. The summed E-state index contributed by atoms with van der Waals surface area (Å²) in [5.74, 6) is 0.920. The Kier molecular flexibility index (Phi) is 7.65. The molecule has 6 nitrogen and oxygen atoms in total. The SMILES string of the molecule is CC[NH+](CC)CCn1c(SCC(=O)c2ccc(OC)cc2)nc2ccccc2c1=O. The number of benzene rings is 2. The van der Waals surface area contributed by atoms with Crippen LogP contribution in [0, 0.1) is 0 Å². The molecular weight excluding hydrogens is 398 g/mol. The average Bonchev–Trinajstić information content (AvgIpc) is 2.79. The van der Waals surface area contributed by atoms with Crippen LogP contribution in [0.1, 0.15) is 24.2 Å². The number of nitrogens with one attached hydrogen (secondary N) is 1. The number of methoxy groups -OCH3 is 1. The first-order valence-electron chi connectivity index (χ1n) is 10.2. The number of ether oxygens (including phenoxy) is 1. The molecule has 2 aromatic carbocycles. The number of Topliss-reactive ketones (excluding diaryl/α,β-unsaturated/α-hetero) is 1. The molecule has 0 bridgehead atoms. The number of quaternary nitrogens is 1. The van der Waals surface area contributed by atoms with Crippen LogP contribution in [0.3, 0.4) is 0 Å². The van der Waals surface area contributed by atoms with Crippen molar-refractivity contribution in [3.8, 4) is 5.75 Å². The maximum absolute atomic E-state index is 13.1. The fraction of sp³-hybridized carbons (Fsp3) is 0.348. The predicted octanol–water partition coefficient (Wildman–Crippen LogP) is 2.30. The van der Waals surface area contributed by atoms with E-state index in [2.05, 4.69) is 13.8 Å². The first kappa shape index (κ1) is 22.1. The van der Waals surface area contributed by atoms with Crippen LogP contribution >= 0.6 is 11.8 Å². The first-order chi connectivity index (χ1) is 14.6. The maximum atomic E-state index is 13.1. The van der Waals surface area contributed by atoms with E-state index in [1.807, 2.05) is 24.3 Å². The van der Waals surface area contributed by atoms with Crippen molar-refractivity contribution in [1.82, 2.24) is 9.55 Å². The standard InChI is InChI=1S/C23H27N3O3S/c1-4-25(5-2)14-15-26-22(28)19-8-6-7-9-20(19)24-23(26)30-16-21(27)17-10-12-18(29-3)13-11-17/h6-13H,4-5,14-16H2,1-3H3/p+1. The second kappa shape index (κ2) is 10.4. The highest BCUT2D eigenvalue weighted by molar-refractivity contribution is 7.99. The summed E-state index contributed by atoms with van der Waals surface area (Å²) in [5.41, 5.74) is 1.23. The Hall–Kier alpha value is -2.64. The van der Waals surface area contributed by atoms with Gasteiger partial charge in [-0.1, -0.05) is 23.9 Å². The summed E-state index contributed by atoms with van der Waals surface area (Å²) >= 11 is 1.32. The van der Waals surface area contributed by atoms with Gasteiger partial charge in [0.05, 0.1) is 49.9 Å². The lowest BCUT2D eigenvalue weighted by Crippen LogP contribution is -3.11. The normalized spacial score (nSPS) is 11.2. The summed E-state index contributed by atoms with van der Waals surface area (Å²) < 4.78 is 6.87. The lowest BCUT2D eigenvalue weighted by molar-refractivity contribution is -0.897. The van der Waals surface area contributed by atoms with Crippen LogP contribution in [0.25, 0.3) is 10.9 Å². The van der Waals surface area contributed by atoms with Crippen molar-refractivity contribution in [3.63, 3.8) is 0 Å². The van der Waals surface area contributed by atoms with E-state index in [0.29, 0.717) is 33.9 Å². The van der Waals surface area contributed by atoms with E-state index in [1.54, 1.807) is 35.9 Å². The Labute approximate surface area is 180 Å². The minimum absolute atomic E-state index is 0.00835. The second-order valence-electron chi connectivity index (χ2n) is 7.02. The molecular formula is C23H28N3O3S+. The van der Waals surface area contributed by atoms with Gasteiger partial charge in [-0.15, -0.1) is 0 Å². The third-order valence-corrected chi connectivity index (χ3v) is 6.24. The maximum Gasteiger partial charge on any atom is 0.262 e. The zero-order chi connectivity index (χ0) is 21.5. The van der Waals surface area contributed by atoms with E-state index in [1.165, 1.54) is 16.7 Å². The minimum Gasteiger partial charge on any atom is -0.497 e. The number of aromatic nitrogens is 2. The molecule has 0 amide bonds. The number of carbonyl (C=O) groups is 1. The van der Waals surface area contributed by atoms with Crippen LogP contribution < -0.4 is 15.2 Å². The number of hydrogen-bond donors (Lipinski definition) is 1. The highest BCUT2D eigenvalue weighted by atomic mass is 32.2. The first-order valence-corrected chi connectivity index (χ1v) is 11.2. The molecule has 3 aromatic rings. The predicted molar refractivity (Wildman–Crippen MR) is 121 cm³/mol. The van der Waals surface area contributed by atoms with Crippen LogP contribution in [0.5, 0.6) is 5.75 Å². The van der Waals surface area contributed by atoms with Crippen LogP contribution in [0.2, 0.25) is 0 Å². The highest BCUT2D eigenvalue weighted by Crippen LogP contribution is 2.20. The Morgan fingerprint density at radius 1 is 1.10 bits per heavy atom. The molecule has 0 aliphatic carbocycles. The molecule has 0 fully saturated rings. The quantitative estimate of drug-likeness (QED) is 0.306. The lowest BCUT2D eigenvalue weighted by Gasteiger charge is -2.18. The summed E-state index contributed by atoms with van der Waals surface area (Å²) in [6.45, 7) is 7.71. The van der Waals surface area contributed by atoms with Gasteiger partial charge >= 0.3 is 0 Å². The zero-order valence-corrected chi connectivity index (χ0v) is 18.5. The molecule has 0 unspecified atom stereocenters. The molecule has 0 radical (unpaired) electrons. The van der Waals surface area contributed by atoms with Gasteiger partial charge in [-0.05, 0) is 50.2 Å². The van der Waals surface area contributed by atoms with Gasteiger partial charge in [-0.25, -0.2) is 4.98 Å². The molecule has 0 aliphatic heterocycles. The van der Waals surface area contributed by atoms with E-state index in [0.717, 1.165) is 19.6 Å². The molecule has 1 N–H and O–H groups in total. The monoisotopic (exact) mass is 426 g/mol. The number of nitrogens with zero attached hydrogens (tertiary/aromatic N) is 2. The van der Waals surface area contributed by atoms with Crippen LogP contribution in [0.15, 0.2) is 58.5 Å². The molecule has 0 spiro atoms. The number of hydrogen-bond acceptors (Lipinski definition) is 5. The molecule has 30 heavy (non-hydrogen) atoms. The third-order valence-electron chi connectivity index (χ3n) is 5.26. The van der Waals surface area contributed by atoms with Crippen molar-refractivity contribution < 1.29 is 14.4 Å². The molecule has 158 valence electrons. The molecule has 3 rings (SSSR count). The molecule has 1 aromatic heterocycles. The van der Waals surface area contributed by atoms with Gasteiger partial charge in [0.1, 0.15) is 5.75 Å². The molecule has 7 heteroatoms. The fourth-order valence-electron chi connectivity index (χ4n) is 3.32. The fourth-order valence-corrected chi connectivity index (χ4v) is 4.24. The van der Waals surface area contributed by atoms with Crippen molar-refractivity contribution in [2.45, 2.75) is 25.5 Å². The van der Waals surface area contributed by atoms with Gasteiger partial charge in [0.15, 0.2) is 10.9 Å². The summed E-state index contributed by atoms with van der Waals surface area (Å²) in [4.78, 5) is 31.9. The average molecular weight is 427 g/mol. The number of rotatable bonds is 10. The molecule has 0 atom stereocenters. The Bertz CT molecular complexity index is 1060. The smallest absolute Gasteiger partial charge is 0.262 e. The molecule has 0 saturated carbocycles. The van der Waals surface area contributed by atoms with Crippen molar-refractivity contribution in [2.75, 3.05) is 32.5 Å². The highest BCUT2D eigenvalue weighted by Gasteiger charge is 2.15. The number of carbonyl (C=O) groups excluding carboxylic acids is 1. The summed E-state index contributed by atoms with van der Waals surface area (Å²) in [5, 5.41) is 1.20. The summed E-state index contributed by atoms with van der Waals surface area (Å²) in [6.07, 6.45) is 0. The number of ketones is 1. The Balaban J connectivity index is 1.85. The summed E-state index contributed by atoms with van der Waals surface area (Å²) in [6, 6.07) is 14.4. The number of fused-ring (bicyclic) bond motifs is 1. The van der Waals surface area contributed by atoms with Crippen molar-refractivity contribution in [2.24, 2.45) is 0 Å². The topological polar surface area (TPSA) is 65.6 Å². The Morgan fingerprint density at radius 3 is 2.47 bits per heavy atom. The molecule has 0 saturated heterocycles. The minimum atomic E-state index is -0.0495. The number of likely N-dealkylation sites (N-methyl/N-ethyl adjacent to an activating group) is 1. The van der Waals surface area contributed by atoms with Gasteiger partial charge in [-0.3, -0.25) is 14.2 Å². The van der Waals surface area contributed by atoms with Crippen LogP contribution in [-0.4, -0.2) is 47.8 Å². The number of thioether (sulfide) groups is 1. The van der Waals surface area contributed by atoms with Gasteiger partial charge in [0.25, 0.3) is 5.56 Å². The zero-order valence-electron chi connectivity index (χ0n) is 17.7. The van der Waals surface area contributed by atoms with Crippen LogP contribution in [-0.2, 0) is 6.54 Å². The largest absolute Gasteiger partial charge is 0.497 e. The second-order valence-corrected chi connectivity index (χ2v) is 7.96. The van der Waals surface area contributed by atoms with Crippen molar-refractivity contribution in [3.05, 3.63) is 64.4 Å². The van der Waals surface area contributed by atoms with Gasteiger partial charge in [-0.2, -0.15) is 0 Å². The van der Waals surface area contributed by atoms with E-state index in [4.69, 9.17) is 9.72 Å². The van der Waals surface area contributed by atoms with Gasteiger partial charge in [0.2, 0.25) is 0 Å². The van der Waals surface area contributed by atoms with E-state index < -0.39 is 0 Å². The van der Waals surface area contributed by atoms with Crippen molar-refractivity contribution >= 4 is 28.4 Å². The Morgan fingerprint density at radius 2 is 1.80 bits per heavy atom. The third kappa shape index (κ3) is 5.09. The van der Waals surface area contributed by atoms with E-state index >= 15 is 0 Å². The van der Waals surface area contributed by atoms with Crippen molar-refractivity contribution in [1.29, 1.82) is 0 Å². The van der Waals surface area contributed by atoms with E-state index in [-0.39, 0.29) is 17.1 Å². The number of para-hydroxylation sites is 1. The van der Waals surface area contributed by atoms with Gasteiger partial charge < -0.3 is 9.64 Å². The molecule has 0 aliphatic rings. The van der Waals surface area contributed by atoms with Crippen LogP contribution in [0.4, 0.5) is 0 Å². The van der Waals surface area contributed by atoms with E-state index in [9.17, 15) is 9.59 Å². The summed E-state index contributed by atoms with van der Waals surface area (Å²) in [7, 11) is 1.59. The van der Waals surface area contributed by atoms with Gasteiger partial charge in [0, 0.05) is 5.56 Å². The molecule has 1 heterocycles.